The average molecular weight is 221 g/mol. The van der Waals surface area contributed by atoms with Gasteiger partial charge in [0, 0.05) is 18.0 Å². The molecule has 1 aromatic rings. The standard InChI is InChI=1S/C13H19NS/c1-2-15-9-8-14-13-7-6-11-4-3-5-12(11)10-13/h6-7,10,14H,2-5,8-9H2,1H3. The van der Waals surface area contributed by atoms with E-state index in [4.69, 9.17) is 0 Å². The van der Waals surface area contributed by atoms with Crippen molar-refractivity contribution in [1.82, 2.24) is 0 Å². The maximum atomic E-state index is 3.49. The molecule has 0 spiro atoms. The van der Waals surface area contributed by atoms with Crippen LogP contribution < -0.4 is 5.32 Å². The molecular formula is C13H19NS. The molecular weight excluding hydrogens is 202 g/mol. The minimum Gasteiger partial charge on any atom is -0.384 e. The van der Waals surface area contributed by atoms with Crippen molar-refractivity contribution in [2.24, 2.45) is 0 Å². The van der Waals surface area contributed by atoms with Gasteiger partial charge in [0.15, 0.2) is 0 Å². The van der Waals surface area contributed by atoms with E-state index in [0.29, 0.717) is 0 Å². The highest BCUT2D eigenvalue weighted by molar-refractivity contribution is 7.99. The van der Waals surface area contributed by atoms with Crippen LogP contribution in [0.15, 0.2) is 18.2 Å². The lowest BCUT2D eigenvalue weighted by atomic mass is 10.1. The highest BCUT2D eigenvalue weighted by atomic mass is 32.2. The predicted octanol–water partition coefficient (Wildman–Crippen LogP) is 3.34. The molecule has 0 aromatic heterocycles. The van der Waals surface area contributed by atoms with E-state index in [-0.39, 0.29) is 0 Å². The third-order valence-corrected chi connectivity index (χ3v) is 3.78. The molecule has 82 valence electrons. The number of hydrogen-bond donors (Lipinski definition) is 1. The Bertz CT molecular complexity index is 322. The van der Waals surface area contributed by atoms with Crippen LogP contribution in [0.3, 0.4) is 0 Å². The third kappa shape index (κ3) is 2.91. The topological polar surface area (TPSA) is 12.0 Å². The van der Waals surface area contributed by atoms with Crippen LogP contribution in [-0.2, 0) is 12.8 Å². The molecule has 0 amide bonds. The molecule has 0 fully saturated rings. The van der Waals surface area contributed by atoms with Crippen LogP contribution >= 0.6 is 11.8 Å². The molecule has 0 unspecified atom stereocenters. The number of fused-ring (bicyclic) bond motifs is 1. The summed E-state index contributed by atoms with van der Waals surface area (Å²) in [6, 6.07) is 6.84. The molecule has 0 radical (unpaired) electrons. The molecule has 1 nitrogen and oxygen atoms in total. The maximum Gasteiger partial charge on any atom is 0.0343 e. The van der Waals surface area contributed by atoms with Gasteiger partial charge in [0.2, 0.25) is 0 Å². The fourth-order valence-corrected chi connectivity index (χ4v) is 2.63. The molecule has 15 heavy (non-hydrogen) atoms. The first-order valence-corrected chi connectivity index (χ1v) is 6.99. The van der Waals surface area contributed by atoms with Crippen LogP contribution in [0.1, 0.15) is 24.5 Å². The van der Waals surface area contributed by atoms with Gasteiger partial charge in [0.05, 0.1) is 0 Å². The maximum absolute atomic E-state index is 3.49. The second-order valence-corrected chi connectivity index (χ2v) is 5.35. The van der Waals surface area contributed by atoms with Gasteiger partial charge in [-0.2, -0.15) is 11.8 Å². The van der Waals surface area contributed by atoms with Crippen molar-refractivity contribution in [2.75, 3.05) is 23.4 Å². The summed E-state index contributed by atoms with van der Waals surface area (Å²) >= 11 is 1.99. The molecule has 1 aromatic carbocycles. The number of hydrogen-bond acceptors (Lipinski definition) is 2. The number of thioether (sulfide) groups is 1. The van der Waals surface area contributed by atoms with Crippen molar-refractivity contribution >= 4 is 17.4 Å². The van der Waals surface area contributed by atoms with E-state index >= 15 is 0 Å². The van der Waals surface area contributed by atoms with E-state index in [1.54, 1.807) is 11.1 Å². The minimum absolute atomic E-state index is 1.08. The van der Waals surface area contributed by atoms with E-state index in [0.717, 1.165) is 6.54 Å². The van der Waals surface area contributed by atoms with Crippen molar-refractivity contribution in [3.63, 3.8) is 0 Å². The van der Waals surface area contributed by atoms with Crippen LogP contribution in [0.2, 0.25) is 0 Å². The third-order valence-electron chi connectivity index (χ3n) is 2.88. The van der Waals surface area contributed by atoms with E-state index in [1.807, 2.05) is 11.8 Å². The molecule has 0 saturated heterocycles. The van der Waals surface area contributed by atoms with E-state index in [9.17, 15) is 0 Å². The van der Waals surface area contributed by atoms with Gasteiger partial charge in [-0.05, 0) is 48.3 Å². The minimum atomic E-state index is 1.08. The summed E-state index contributed by atoms with van der Waals surface area (Å²) in [5.41, 5.74) is 4.42. The molecule has 0 aliphatic heterocycles. The number of nitrogens with one attached hydrogen (secondary N) is 1. The highest BCUT2D eigenvalue weighted by Gasteiger charge is 2.10. The first-order valence-electron chi connectivity index (χ1n) is 5.83. The molecule has 0 atom stereocenters. The van der Waals surface area contributed by atoms with Crippen LogP contribution in [0.25, 0.3) is 0 Å². The normalized spacial score (nSPS) is 13.9. The summed E-state index contributed by atoms with van der Waals surface area (Å²) in [6.07, 6.45) is 3.89. The summed E-state index contributed by atoms with van der Waals surface area (Å²) in [5, 5.41) is 3.49. The summed E-state index contributed by atoms with van der Waals surface area (Å²) in [5.74, 6) is 2.42. The van der Waals surface area contributed by atoms with Crippen molar-refractivity contribution in [3.05, 3.63) is 29.3 Å². The van der Waals surface area contributed by atoms with Gasteiger partial charge in [0.25, 0.3) is 0 Å². The Morgan fingerprint density at radius 3 is 3.00 bits per heavy atom. The number of rotatable bonds is 5. The molecule has 1 aliphatic carbocycles. The highest BCUT2D eigenvalue weighted by Crippen LogP contribution is 2.24. The molecule has 0 saturated carbocycles. The van der Waals surface area contributed by atoms with Crippen molar-refractivity contribution < 1.29 is 0 Å². The van der Waals surface area contributed by atoms with Gasteiger partial charge in [-0.3, -0.25) is 0 Å². The lowest BCUT2D eigenvalue weighted by Crippen LogP contribution is -2.04. The van der Waals surface area contributed by atoms with E-state index in [1.165, 1.54) is 36.5 Å². The first kappa shape index (κ1) is 10.9. The Morgan fingerprint density at radius 1 is 1.27 bits per heavy atom. The number of aryl methyl sites for hydroxylation is 2. The molecule has 2 heteroatoms. The van der Waals surface area contributed by atoms with Crippen molar-refractivity contribution in [3.8, 4) is 0 Å². The first-order chi connectivity index (χ1) is 7.40. The number of anilines is 1. The second kappa shape index (κ2) is 5.45. The van der Waals surface area contributed by atoms with Crippen LogP contribution in [-0.4, -0.2) is 18.1 Å². The van der Waals surface area contributed by atoms with E-state index in [2.05, 4.69) is 30.4 Å². The molecule has 1 aliphatic rings. The molecule has 1 N–H and O–H groups in total. The quantitative estimate of drug-likeness (QED) is 0.765. The van der Waals surface area contributed by atoms with E-state index < -0.39 is 0 Å². The summed E-state index contributed by atoms with van der Waals surface area (Å²) < 4.78 is 0. The monoisotopic (exact) mass is 221 g/mol. The summed E-state index contributed by atoms with van der Waals surface area (Å²) in [6.45, 7) is 3.29. The Labute approximate surface area is 96.7 Å². The van der Waals surface area contributed by atoms with Gasteiger partial charge >= 0.3 is 0 Å². The van der Waals surface area contributed by atoms with Crippen molar-refractivity contribution in [2.45, 2.75) is 26.2 Å². The van der Waals surface area contributed by atoms with Gasteiger partial charge in [-0.1, -0.05) is 13.0 Å². The smallest absolute Gasteiger partial charge is 0.0343 e. The lowest BCUT2D eigenvalue weighted by molar-refractivity contribution is 0.912. The Balaban J connectivity index is 1.87. The van der Waals surface area contributed by atoms with Gasteiger partial charge in [0.1, 0.15) is 0 Å². The zero-order chi connectivity index (χ0) is 10.5. The average Bonchev–Trinajstić information content (AvgIpc) is 2.71. The second-order valence-electron chi connectivity index (χ2n) is 3.96. The van der Waals surface area contributed by atoms with Crippen LogP contribution in [0.4, 0.5) is 5.69 Å². The van der Waals surface area contributed by atoms with Crippen molar-refractivity contribution in [1.29, 1.82) is 0 Å². The van der Waals surface area contributed by atoms with Crippen LogP contribution in [0, 0.1) is 0 Å². The zero-order valence-electron chi connectivity index (χ0n) is 9.38. The SMILES string of the molecule is CCSCCNc1ccc2c(c1)CCC2. The zero-order valence-corrected chi connectivity index (χ0v) is 10.2. The molecule has 0 heterocycles. The molecule has 2 rings (SSSR count). The predicted molar refractivity (Wildman–Crippen MR) is 70.0 cm³/mol. The Hall–Kier alpha value is -0.630. The fraction of sp³-hybridized carbons (Fsp3) is 0.538. The number of benzene rings is 1. The summed E-state index contributed by atoms with van der Waals surface area (Å²) in [4.78, 5) is 0. The molecule has 0 bridgehead atoms. The lowest BCUT2D eigenvalue weighted by Gasteiger charge is -2.07. The van der Waals surface area contributed by atoms with Gasteiger partial charge in [-0.15, -0.1) is 0 Å². The van der Waals surface area contributed by atoms with Gasteiger partial charge < -0.3 is 5.32 Å². The largest absolute Gasteiger partial charge is 0.384 e. The Kier molecular flexibility index (Phi) is 3.95. The summed E-state index contributed by atoms with van der Waals surface area (Å²) in [7, 11) is 0. The van der Waals surface area contributed by atoms with Crippen LogP contribution in [0.5, 0.6) is 0 Å². The Morgan fingerprint density at radius 2 is 2.13 bits per heavy atom. The fourth-order valence-electron chi connectivity index (χ4n) is 2.09. The van der Waals surface area contributed by atoms with Gasteiger partial charge in [-0.25, -0.2) is 0 Å².